The van der Waals surface area contributed by atoms with Gasteiger partial charge >= 0.3 is 0 Å². The van der Waals surface area contributed by atoms with Gasteiger partial charge in [0.2, 0.25) is 0 Å². The zero-order valence-electron chi connectivity index (χ0n) is 7.70. The first-order valence-electron chi connectivity index (χ1n) is 4.84. The summed E-state index contributed by atoms with van der Waals surface area (Å²) in [5, 5.41) is 0. The summed E-state index contributed by atoms with van der Waals surface area (Å²) < 4.78 is 5.30. The van der Waals surface area contributed by atoms with Gasteiger partial charge in [-0.3, -0.25) is 0 Å². The van der Waals surface area contributed by atoms with Crippen LogP contribution in [-0.4, -0.2) is 18.2 Å². The largest absolute Gasteiger partial charge is 0.381 e. The van der Waals surface area contributed by atoms with Crippen LogP contribution in [0.25, 0.3) is 0 Å². The lowest BCUT2D eigenvalue weighted by molar-refractivity contribution is 0.0580. The number of ether oxygens (including phenoxy) is 1. The predicted octanol–water partition coefficient (Wildman–Crippen LogP) is 1.44. The maximum absolute atomic E-state index is 6.13. The molecule has 3 N–H and O–H groups in total. The van der Waals surface area contributed by atoms with Gasteiger partial charge in [-0.05, 0) is 30.9 Å². The lowest BCUT2D eigenvalue weighted by Crippen LogP contribution is -2.27. The molecule has 0 bridgehead atoms. The van der Waals surface area contributed by atoms with Crippen LogP contribution in [0.15, 0.2) is 18.3 Å². The first kappa shape index (κ1) is 8.78. The summed E-state index contributed by atoms with van der Waals surface area (Å²) in [5.41, 5.74) is 7.27. The number of nitrogens with one attached hydrogen (secondary N) is 1. The minimum atomic E-state index is 0.152. The molecule has 1 aromatic rings. The molecule has 72 valence electrons. The van der Waals surface area contributed by atoms with Crippen LogP contribution in [0.3, 0.4) is 0 Å². The number of hydrogen-bond acceptors (Lipinski definition) is 2. The molecule has 0 amide bonds. The molecule has 1 aliphatic rings. The summed E-state index contributed by atoms with van der Waals surface area (Å²) in [6.45, 7) is 1.72. The summed E-state index contributed by atoms with van der Waals surface area (Å²) in [5.74, 6) is 0.576. The summed E-state index contributed by atoms with van der Waals surface area (Å²) in [6.07, 6.45) is 4.09. The second-order valence-electron chi connectivity index (χ2n) is 3.60. The number of aromatic nitrogens is 1. The molecule has 3 nitrogen and oxygen atoms in total. The second-order valence-corrected chi connectivity index (χ2v) is 3.60. The van der Waals surface area contributed by atoms with Crippen molar-refractivity contribution >= 4 is 0 Å². The number of H-pyrrole nitrogens is 1. The highest BCUT2D eigenvalue weighted by Crippen LogP contribution is 2.26. The molecule has 0 spiro atoms. The van der Waals surface area contributed by atoms with Crippen molar-refractivity contribution in [3.63, 3.8) is 0 Å². The molecular weight excluding hydrogens is 164 g/mol. The first-order valence-corrected chi connectivity index (χ1v) is 4.84. The third kappa shape index (κ3) is 1.92. The van der Waals surface area contributed by atoms with E-state index in [-0.39, 0.29) is 6.04 Å². The van der Waals surface area contributed by atoms with E-state index in [1.54, 1.807) is 0 Å². The normalized spacial score (nSPS) is 21.6. The van der Waals surface area contributed by atoms with E-state index in [4.69, 9.17) is 10.5 Å². The quantitative estimate of drug-likeness (QED) is 0.723. The third-order valence-electron chi connectivity index (χ3n) is 2.75. The summed E-state index contributed by atoms with van der Waals surface area (Å²) in [4.78, 5) is 3.17. The summed E-state index contributed by atoms with van der Waals surface area (Å²) in [7, 11) is 0. The van der Waals surface area contributed by atoms with Gasteiger partial charge in [0, 0.05) is 31.1 Å². The zero-order chi connectivity index (χ0) is 9.10. The number of hydrogen-bond donors (Lipinski definition) is 2. The monoisotopic (exact) mass is 180 g/mol. The van der Waals surface area contributed by atoms with E-state index in [9.17, 15) is 0 Å². The molecule has 13 heavy (non-hydrogen) atoms. The van der Waals surface area contributed by atoms with Gasteiger partial charge in [0.05, 0.1) is 0 Å². The molecular formula is C10H16N2O. The van der Waals surface area contributed by atoms with Crippen molar-refractivity contribution in [1.29, 1.82) is 0 Å². The van der Waals surface area contributed by atoms with Gasteiger partial charge in [0.25, 0.3) is 0 Å². The number of rotatable bonds is 2. The smallest absolute Gasteiger partial charge is 0.0478 e. The van der Waals surface area contributed by atoms with Crippen LogP contribution in [0.2, 0.25) is 0 Å². The van der Waals surface area contributed by atoms with E-state index in [1.807, 2.05) is 12.3 Å². The SMILES string of the molecule is N[C@H](c1ccc[nH]1)C1CCOCC1. The van der Waals surface area contributed by atoms with Gasteiger partial charge in [0.1, 0.15) is 0 Å². The fourth-order valence-corrected chi connectivity index (χ4v) is 1.88. The molecule has 3 heteroatoms. The van der Waals surface area contributed by atoms with E-state index >= 15 is 0 Å². The zero-order valence-corrected chi connectivity index (χ0v) is 7.70. The second kappa shape index (κ2) is 3.94. The molecule has 1 aliphatic heterocycles. The maximum Gasteiger partial charge on any atom is 0.0478 e. The average Bonchev–Trinajstić information content (AvgIpc) is 2.71. The highest BCUT2D eigenvalue weighted by Gasteiger charge is 2.22. The predicted molar refractivity (Wildman–Crippen MR) is 51.3 cm³/mol. The molecule has 0 aliphatic carbocycles. The van der Waals surface area contributed by atoms with E-state index < -0.39 is 0 Å². The molecule has 2 rings (SSSR count). The Hall–Kier alpha value is -0.800. The van der Waals surface area contributed by atoms with Crippen molar-refractivity contribution in [3.05, 3.63) is 24.0 Å². The van der Waals surface area contributed by atoms with Crippen molar-refractivity contribution in [2.75, 3.05) is 13.2 Å². The Bertz CT molecular complexity index is 239. The van der Waals surface area contributed by atoms with Crippen molar-refractivity contribution < 1.29 is 4.74 Å². The van der Waals surface area contributed by atoms with Crippen LogP contribution in [0, 0.1) is 5.92 Å². The summed E-state index contributed by atoms with van der Waals surface area (Å²) in [6, 6.07) is 4.20. The molecule has 1 saturated heterocycles. The van der Waals surface area contributed by atoms with Crippen LogP contribution in [0.1, 0.15) is 24.6 Å². The molecule has 2 heterocycles. The van der Waals surface area contributed by atoms with Crippen LogP contribution >= 0.6 is 0 Å². The van der Waals surface area contributed by atoms with Crippen molar-refractivity contribution in [2.45, 2.75) is 18.9 Å². The first-order chi connectivity index (χ1) is 6.38. The van der Waals surface area contributed by atoms with Crippen molar-refractivity contribution in [1.82, 2.24) is 4.98 Å². The van der Waals surface area contributed by atoms with Crippen LogP contribution in [0.5, 0.6) is 0 Å². The standard InChI is InChI=1S/C10H16N2O/c11-10(9-2-1-5-12-9)8-3-6-13-7-4-8/h1-2,5,8,10,12H,3-4,6-7,11H2/t10-/m0/s1. The fraction of sp³-hybridized carbons (Fsp3) is 0.600. The Balaban J connectivity index is 1.99. The minimum absolute atomic E-state index is 0.152. The lowest BCUT2D eigenvalue weighted by atomic mass is 9.90. The Morgan fingerprint density at radius 1 is 1.46 bits per heavy atom. The Kier molecular flexibility index (Phi) is 2.66. The van der Waals surface area contributed by atoms with E-state index in [0.717, 1.165) is 31.7 Å². The summed E-state index contributed by atoms with van der Waals surface area (Å²) >= 11 is 0. The molecule has 0 aromatic carbocycles. The van der Waals surface area contributed by atoms with Gasteiger partial charge in [-0.15, -0.1) is 0 Å². The van der Waals surface area contributed by atoms with Crippen molar-refractivity contribution in [2.24, 2.45) is 11.7 Å². The number of aromatic amines is 1. The average molecular weight is 180 g/mol. The highest BCUT2D eigenvalue weighted by atomic mass is 16.5. The molecule has 1 aromatic heterocycles. The van der Waals surface area contributed by atoms with Gasteiger partial charge < -0.3 is 15.5 Å². The van der Waals surface area contributed by atoms with Crippen LogP contribution in [-0.2, 0) is 4.74 Å². The van der Waals surface area contributed by atoms with Gasteiger partial charge in [-0.1, -0.05) is 0 Å². The van der Waals surface area contributed by atoms with E-state index in [1.165, 1.54) is 0 Å². The van der Waals surface area contributed by atoms with E-state index in [2.05, 4.69) is 11.1 Å². The van der Waals surface area contributed by atoms with Gasteiger partial charge in [-0.2, -0.15) is 0 Å². The van der Waals surface area contributed by atoms with Crippen molar-refractivity contribution in [3.8, 4) is 0 Å². The van der Waals surface area contributed by atoms with E-state index in [0.29, 0.717) is 5.92 Å². The third-order valence-corrected chi connectivity index (χ3v) is 2.75. The molecule has 0 unspecified atom stereocenters. The molecule has 0 saturated carbocycles. The molecule has 1 fully saturated rings. The van der Waals surface area contributed by atoms with Gasteiger partial charge in [-0.25, -0.2) is 0 Å². The molecule has 0 radical (unpaired) electrons. The topological polar surface area (TPSA) is 51.0 Å². The number of nitrogens with two attached hydrogens (primary N) is 1. The Morgan fingerprint density at radius 2 is 2.23 bits per heavy atom. The molecule has 1 atom stereocenters. The van der Waals surface area contributed by atoms with Crippen LogP contribution in [0.4, 0.5) is 0 Å². The Labute approximate surface area is 78.3 Å². The Morgan fingerprint density at radius 3 is 2.85 bits per heavy atom. The minimum Gasteiger partial charge on any atom is -0.381 e. The highest BCUT2D eigenvalue weighted by molar-refractivity contribution is 5.09. The maximum atomic E-state index is 6.13. The van der Waals surface area contributed by atoms with Gasteiger partial charge in [0.15, 0.2) is 0 Å². The fourth-order valence-electron chi connectivity index (χ4n) is 1.88. The lowest BCUT2D eigenvalue weighted by Gasteiger charge is -2.26. The van der Waals surface area contributed by atoms with Crippen LogP contribution < -0.4 is 5.73 Å².